The van der Waals surface area contributed by atoms with Crippen molar-refractivity contribution in [3.63, 3.8) is 0 Å². The first-order chi connectivity index (χ1) is 7.43. The minimum Gasteiger partial charge on any atom is -0.144 e. The van der Waals surface area contributed by atoms with Gasteiger partial charge in [-0.2, -0.15) is 0 Å². The number of hydrogen-bond acceptors (Lipinski definition) is 1. The fourth-order valence-corrected chi connectivity index (χ4v) is 2.54. The van der Waals surface area contributed by atoms with Gasteiger partial charge in [-0.15, -0.1) is 11.3 Å². The molecule has 0 unspecified atom stereocenters. The molecule has 3 rings (SSSR count). The molecule has 1 aromatic heterocycles. The van der Waals surface area contributed by atoms with Crippen molar-refractivity contribution in [3.8, 4) is 11.1 Å². The molecule has 1 heteroatoms. The second-order valence-corrected chi connectivity index (χ2v) is 4.41. The lowest BCUT2D eigenvalue weighted by Gasteiger charge is -2.00. The molecule has 0 bridgehead atoms. The van der Waals surface area contributed by atoms with Crippen LogP contribution in [0.3, 0.4) is 0 Å². The summed E-state index contributed by atoms with van der Waals surface area (Å²) in [6.07, 6.45) is 0. The molecule has 3 aromatic rings. The summed E-state index contributed by atoms with van der Waals surface area (Å²) in [6.45, 7) is 0. The average molecular weight is 209 g/mol. The Kier molecular flexibility index (Phi) is 2.04. The first-order valence-electron chi connectivity index (χ1n) is 4.87. The van der Waals surface area contributed by atoms with E-state index in [4.69, 9.17) is 0 Å². The standard InChI is InChI=1S/C14H9S/c1-2-4-11(5-3-1)13-7-6-12-8-9-15-14(12)10-13/h1-2,4-10H. The predicted molar refractivity (Wildman–Crippen MR) is 66.1 cm³/mol. The van der Waals surface area contributed by atoms with Crippen LogP contribution in [0.15, 0.2) is 53.9 Å². The van der Waals surface area contributed by atoms with Gasteiger partial charge in [0.15, 0.2) is 0 Å². The number of fused-ring (bicyclic) bond motifs is 1. The summed E-state index contributed by atoms with van der Waals surface area (Å²) in [5.74, 6) is 0. The molecule has 0 aliphatic carbocycles. The van der Waals surface area contributed by atoms with Gasteiger partial charge in [-0.1, -0.05) is 30.3 Å². The van der Waals surface area contributed by atoms with Crippen molar-refractivity contribution in [2.75, 3.05) is 0 Å². The molecule has 0 fully saturated rings. The molecule has 71 valence electrons. The number of benzene rings is 2. The highest BCUT2D eigenvalue weighted by atomic mass is 32.1. The Morgan fingerprint density at radius 1 is 1.00 bits per heavy atom. The van der Waals surface area contributed by atoms with Gasteiger partial charge in [-0.25, -0.2) is 0 Å². The average Bonchev–Trinajstić information content (AvgIpc) is 2.77. The maximum absolute atomic E-state index is 3.10. The van der Waals surface area contributed by atoms with Crippen LogP contribution >= 0.6 is 11.3 Å². The van der Waals surface area contributed by atoms with E-state index in [-0.39, 0.29) is 0 Å². The van der Waals surface area contributed by atoms with E-state index >= 15 is 0 Å². The summed E-state index contributed by atoms with van der Waals surface area (Å²) >= 11 is 1.79. The minimum absolute atomic E-state index is 1.23. The topological polar surface area (TPSA) is 0 Å². The van der Waals surface area contributed by atoms with Crippen LogP contribution in [0.1, 0.15) is 0 Å². The SMILES string of the molecule is [c]1cccc(-c2ccc3ccsc3c2)c1. The van der Waals surface area contributed by atoms with E-state index in [1.807, 2.05) is 18.2 Å². The smallest absolute Gasteiger partial charge is 0.0348 e. The fourth-order valence-electron chi connectivity index (χ4n) is 1.71. The molecule has 0 nitrogen and oxygen atoms in total. The van der Waals surface area contributed by atoms with Crippen LogP contribution in [0.5, 0.6) is 0 Å². The summed E-state index contributed by atoms with van der Waals surface area (Å²) in [4.78, 5) is 0. The molecule has 0 amide bonds. The monoisotopic (exact) mass is 209 g/mol. The van der Waals surface area contributed by atoms with Crippen molar-refractivity contribution >= 4 is 21.4 Å². The zero-order chi connectivity index (χ0) is 10.1. The van der Waals surface area contributed by atoms with E-state index < -0.39 is 0 Å². The molecule has 0 saturated carbocycles. The minimum atomic E-state index is 1.23. The van der Waals surface area contributed by atoms with Gasteiger partial charge >= 0.3 is 0 Å². The van der Waals surface area contributed by atoms with Gasteiger partial charge in [0.25, 0.3) is 0 Å². The van der Waals surface area contributed by atoms with Gasteiger partial charge < -0.3 is 0 Å². The molecule has 0 aliphatic heterocycles. The lowest BCUT2D eigenvalue weighted by atomic mass is 10.1. The Morgan fingerprint density at radius 3 is 2.87 bits per heavy atom. The van der Waals surface area contributed by atoms with E-state index in [9.17, 15) is 0 Å². The fraction of sp³-hybridized carbons (Fsp3) is 0. The Hall–Kier alpha value is -1.60. The molecule has 0 N–H and O–H groups in total. The van der Waals surface area contributed by atoms with Gasteiger partial charge in [0.05, 0.1) is 0 Å². The number of rotatable bonds is 1. The highest BCUT2D eigenvalue weighted by Gasteiger charge is 1.99. The van der Waals surface area contributed by atoms with E-state index in [2.05, 4.69) is 41.8 Å². The summed E-state index contributed by atoms with van der Waals surface area (Å²) in [7, 11) is 0. The molecule has 1 radical (unpaired) electrons. The second-order valence-electron chi connectivity index (χ2n) is 3.47. The lowest BCUT2D eigenvalue weighted by Crippen LogP contribution is -1.75. The van der Waals surface area contributed by atoms with Crippen LogP contribution in [-0.2, 0) is 0 Å². The quantitative estimate of drug-likeness (QED) is 0.558. The summed E-state index contributed by atoms with van der Waals surface area (Å²) in [6, 6.07) is 19.9. The summed E-state index contributed by atoms with van der Waals surface area (Å²) < 4.78 is 1.34. The first-order valence-corrected chi connectivity index (χ1v) is 5.75. The van der Waals surface area contributed by atoms with Crippen molar-refractivity contribution in [2.24, 2.45) is 0 Å². The van der Waals surface area contributed by atoms with Crippen LogP contribution < -0.4 is 0 Å². The number of hydrogen-bond donors (Lipinski definition) is 0. The molecule has 15 heavy (non-hydrogen) atoms. The van der Waals surface area contributed by atoms with Crippen molar-refractivity contribution in [3.05, 3.63) is 60.0 Å². The van der Waals surface area contributed by atoms with Crippen LogP contribution in [0.25, 0.3) is 21.2 Å². The lowest BCUT2D eigenvalue weighted by molar-refractivity contribution is 1.64. The Bertz CT molecular complexity index is 578. The molecular formula is C14H9S. The predicted octanol–water partition coefficient (Wildman–Crippen LogP) is 4.37. The molecule has 0 atom stereocenters. The summed E-state index contributed by atoms with van der Waals surface area (Å²) in [5, 5.41) is 3.45. The van der Waals surface area contributed by atoms with Crippen LogP contribution in [0, 0.1) is 6.07 Å². The van der Waals surface area contributed by atoms with Crippen LogP contribution in [0.2, 0.25) is 0 Å². The van der Waals surface area contributed by atoms with Gasteiger partial charge in [0.2, 0.25) is 0 Å². The third-order valence-corrected chi connectivity index (χ3v) is 3.38. The van der Waals surface area contributed by atoms with Gasteiger partial charge in [-0.05, 0) is 46.2 Å². The zero-order valence-electron chi connectivity index (χ0n) is 8.10. The van der Waals surface area contributed by atoms with E-state index in [1.54, 1.807) is 11.3 Å². The van der Waals surface area contributed by atoms with Crippen molar-refractivity contribution in [2.45, 2.75) is 0 Å². The van der Waals surface area contributed by atoms with Crippen molar-refractivity contribution < 1.29 is 0 Å². The van der Waals surface area contributed by atoms with Gasteiger partial charge in [-0.3, -0.25) is 0 Å². The Labute approximate surface area is 92.8 Å². The Morgan fingerprint density at radius 2 is 2.00 bits per heavy atom. The van der Waals surface area contributed by atoms with E-state index in [1.165, 1.54) is 21.2 Å². The largest absolute Gasteiger partial charge is 0.144 e. The molecule has 0 aliphatic rings. The van der Waals surface area contributed by atoms with E-state index in [0.717, 1.165) is 0 Å². The Balaban J connectivity index is 2.19. The molecule has 2 aromatic carbocycles. The molecule has 1 heterocycles. The molecule has 0 saturated heterocycles. The highest BCUT2D eigenvalue weighted by Crippen LogP contribution is 2.27. The van der Waals surface area contributed by atoms with Crippen molar-refractivity contribution in [1.82, 2.24) is 0 Å². The second kappa shape index (κ2) is 3.52. The zero-order valence-corrected chi connectivity index (χ0v) is 8.92. The maximum atomic E-state index is 3.10. The van der Waals surface area contributed by atoms with Gasteiger partial charge in [0.1, 0.15) is 0 Å². The maximum Gasteiger partial charge on any atom is 0.0348 e. The number of thiophene rings is 1. The third kappa shape index (κ3) is 1.55. The van der Waals surface area contributed by atoms with Gasteiger partial charge in [0, 0.05) is 4.70 Å². The first kappa shape index (κ1) is 8.69. The molecule has 0 spiro atoms. The van der Waals surface area contributed by atoms with Crippen molar-refractivity contribution in [1.29, 1.82) is 0 Å². The summed E-state index contributed by atoms with van der Waals surface area (Å²) in [5.41, 5.74) is 2.50. The van der Waals surface area contributed by atoms with Crippen LogP contribution in [-0.4, -0.2) is 0 Å². The normalized spacial score (nSPS) is 10.7. The van der Waals surface area contributed by atoms with Crippen LogP contribution in [0.4, 0.5) is 0 Å². The molecular weight excluding hydrogens is 200 g/mol. The highest BCUT2D eigenvalue weighted by molar-refractivity contribution is 7.17. The third-order valence-electron chi connectivity index (χ3n) is 2.50. The van der Waals surface area contributed by atoms with E-state index in [0.29, 0.717) is 0 Å².